The molecule has 1 aromatic heterocycles. The molecule has 1 saturated heterocycles. The van der Waals surface area contributed by atoms with Crippen LogP contribution in [0.1, 0.15) is 35.7 Å². The normalized spacial score (nSPS) is 14.5. The summed E-state index contributed by atoms with van der Waals surface area (Å²) >= 11 is 0. The molecule has 0 spiro atoms. The minimum absolute atomic E-state index is 0.0824. The number of ether oxygens (including phenoxy) is 1. The van der Waals surface area contributed by atoms with E-state index in [0.29, 0.717) is 13.2 Å². The van der Waals surface area contributed by atoms with Gasteiger partial charge in [-0.3, -0.25) is 9.48 Å². The first kappa shape index (κ1) is 21.0. The maximum absolute atomic E-state index is 13.1. The Kier molecular flexibility index (Phi) is 6.55. The van der Waals surface area contributed by atoms with Crippen molar-refractivity contribution in [2.45, 2.75) is 33.2 Å². The fourth-order valence-corrected chi connectivity index (χ4v) is 3.87. The van der Waals surface area contributed by atoms with Crippen LogP contribution in [0.2, 0.25) is 0 Å². The van der Waals surface area contributed by atoms with E-state index in [1.165, 1.54) is 5.56 Å². The van der Waals surface area contributed by atoms with Gasteiger partial charge in [0.25, 0.3) is 5.91 Å². The third kappa shape index (κ3) is 5.45. The summed E-state index contributed by atoms with van der Waals surface area (Å²) in [5, 5.41) is 7.19. The Hall–Kier alpha value is -3.28. The number of hydrogen-bond donors (Lipinski definition) is 1. The summed E-state index contributed by atoms with van der Waals surface area (Å²) in [6.45, 7) is 7.59. The van der Waals surface area contributed by atoms with Gasteiger partial charge in [-0.2, -0.15) is 5.10 Å². The van der Waals surface area contributed by atoms with Crippen molar-refractivity contribution in [3.63, 3.8) is 0 Å². The second kappa shape index (κ2) is 9.69. The zero-order chi connectivity index (χ0) is 21.6. The number of anilines is 2. The number of nitrogens with zero attached hydrogens (tertiary/aromatic N) is 3. The van der Waals surface area contributed by atoms with E-state index >= 15 is 0 Å². The molecule has 0 bridgehead atoms. The van der Waals surface area contributed by atoms with Gasteiger partial charge in [0.05, 0.1) is 12.1 Å². The van der Waals surface area contributed by atoms with Crippen molar-refractivity contribution in [2.75, 3.05) is 29.9 Å². The van der Waals surface area contributed by atoms with E-state index in [-0.39, 0.29) is 5.91 Å². The molecule has 0 radical (unpaired) electrons. The Labute approximate surface area is 183 Å². The Balaban J connectivity index is 1.39. The molecule has 6 nitrogen and oxygen atoms in total. The van der Waals surface area contributed by atoms with Crippen LogP contribution in [0.25, 0.3) is 0 Å². The number of aromatic nitrogens is 2. The molecule has 1 fully saturated rings. The molecule has 2 heterocycles. The summed E-state index contributed by atoms with van der Waals surface area (Å²) in [5.41, 5.74) is 3.67. The first-order chi connectivity index (χ1) is 15.1. The van der Waals surface area contributed by atoms with Gasteiger partial charge < -0.3 is 15.0 Å². The van der Waals surface area contributed by atoms with Gasteiger partial charge in [-0.15, -0.1) is 0 Å². The minimum Gasteiger partial charge on any atom is -0.492 e. The second-order valence-electron chi connectivity index (χ2n) is 8.29. The number of piperidine rings is 1. The molecular formula is C25H30N4O2. The van der Waals surface area contributed by atoms with E-state index < -0.39 is 0 Å². The summed E-state index contributed by atoms with van der Waals surface area (Å²) in [4.78, 5) is 15.4. The lowest BCUT2D eigenvalue weighted by Crippen LogP contribution is -2.34. The number of carbonyl (C=O) groups excluding carboxylic acids is 1. The maximum Gasteiger partial charge on any atom is 0.257 e. The van der Waals surface area contributed by atoms with Gasteiger partial charge >= 0.3 is 0 Å². The topological polar surface area (TPSA) is 59.4 Å². The quantitative estimate of drug-likeness (QED) is 0.601. The summed E-state index contributed by atoms with van der Waals surface area (Å²) < 4.78 is 7.59. The minimum atomic E-state index is -0.0824. The summed E-state index contributed by atoms with van der Waals surface area (Å²) in [5.74, 6) is 1.43. The van der Waals surface area contributed by atoms with Crippen LogP contribution in [0.15, 0.2) is 60.9 Å². The zero-order valence-corrected chi connectivity index (χ0v) is 18.3. The van der Waals surface area contributed by atoms with Gasteiger partial charge in [0.1, 0.15) is 12.4 Å². The number of hydrogen-bond acceptors (Lipinski definition) is 4. The highest BCUT2D eigenvalue weighted by molar-refractivity contribution is 6.08. The van der Waals surface area contributed by atoms with Gasteiger partial charge in [-0.25, -0.2) is 0 Å². The molecule has 31 heavy (non-hydrogen) atoms. The molecule has 1 N–H and O–H groups in total. The molecule has 0 saturated carbocycles. The highest BCUT2D eigenvalue weighted by Gasteiger charge is 2.21. The van der Waals surface area contributed by atoms with Crippen LogP contribution < -0.4 is 15.0 Å². The van der Waals surface area contributed by atoms with Crippen LogP contribution in [0.4, 0.5) is 11.4 Å². The number of amides is 1. The van der Waals surface area contributed by atoms with Gasteiger partial charge in [-0.05, 0) is 73.7 Å². The van der Waals surface area contributed by atoms with Crippen molar-refractivity contribution in [3.8, 4) is 5.75 Å². The van der Waals surface area contributed by atoms with E-state index in [1.807, 2.05) is 53.3 Å². The zero-order valence-electron chi connectivity index (χ0n) is 18.3. The molecule has 0 aliphatic carbocycles. The number of carbonyl (C=O) groups is 1. The Morgan fingerprint density at radius 1 is 1.16 bits per heavy atom. The highest BCUT2D eigenvalue weighted by atomic mass is 16.5. The van der Waals surface area contributed by atoms with E-state index in [0.717, 1.165) is 54.5 Å². The van der Waals surface area contributed by atoms with E-state index in [4.69, 9.17) is 4.74 Å². The van der Waals surface area contributed by atoms with Crippen LogP contribution in [0, 0.1) is 12.8 Å². The van der Waals surface area contributed by atoms with Gasteiger partial charge in [0.15, 0.2) is 0 Å². The first-order valence-corrected chi connectivity index (χ1v) is 11.0. The third-order valence-electron chi connectivity index (χ3n) is 5.78. The van der Waals surface area contributed by atoms with Crippen LogP contribution in [-0.4, -0.2) is 35.4 Å². The lowest BCUT2D eigenvalue weighted by molar-refractivity contribution is 0.102. The van der Waals surface area contributed by atoms with Crippen molar-refractivity contribution < 1.29 is 9.53 Å². The first-order valence-electron chi connectivity index (χ1n) is 11.0. The fourth-order valence-electron chi connectivity index (χ4n) is 3.87. The molecule has 3 aromatic rings. The molecule has 6 heteroatoms. The number of benzene rings is 2. The summed E-state index contributed by atoms with van der Waals surface area (Å²) in [7, 11) is 0. The number of aryl methyl sites for hydroxylation is 1. The maximum atomic E-state index is 13.1. The number of nitrogens with one attached hydrogen (secondary N) is 1. The largest absolute Gasteiger partial charge is 0.492 e. The SMILES string of the molecule is Cc1ccc(C(=O)Nc2ccc(OCCn3cccn3)cc2)c(N2CCC(C)CC2)c1. The summed E-state index contributed by atoms with van der Waals surface area (Å²) in [6, 6.07) is 15.5. The van der Waals surface area contributed by atoms with E-state index in [1.54, 1.807) is 6.20 Å². The van der Waals surface area contributed by atoms with Crippen LogP contribution >= 0.6 is 0 Å². The van der Waals surface area contributed by atoms with Gasteiger partial charge in [0.2, 0.25) is 0 Å². The predicted molar refractivity (Wildman–Crippen MR) is 124 cm³/mol. The molecule has 1 amide bonds. The lowest BCUT2D eigenvalue weighted by atomic mass is 9.97. The fraction of sp³-hybridized carbons (Fsp3) is 0.360. The van der Waals surface area contributed by atoms with Crippen molar-refractivity contribution in [3.05, 3.63) is 72.1 Å². The molecular weight excluding hydrogens is 388 g/mol. The van der Waals surface area contributed by atoms with Crippen LogP contribution in [0.5, 0.6) is 5.75 Å². The molecule has 0 atom stereocenters. The Morgan fingerprint density at radius 2 is 1.94 bits per heavy atom. The van der Waals surface area contributed by atoms with E-state index in [9.17, 15) is 4.79 Å². The molecule has 0 unspecified atom stereocenters. The molecule has 2 aromatic carbocycles. The number of rotatable bonds is 7. The van der Waals surface area contributed by atoms with Crippen LogP contribution in [0.3, 0.4) is 0 Å². The molecule has 4 rings (SSSR count). The van der Waals surface area contributed by atoms with Crippen molar-refractivity contribution in [2.24, 2.45) is 5.92 Å². The average molecular weight is 419 g/mol. The van der Waals surface area contributed by atoms with Crippen molar-refractivity contribution in [1.82, 2.24) is 9.78 Å². The molecule has 1 aliphatic rings. The monoisotopic (exact) mass is 418 g/mol. The molecule has 1 aliphatic heterocycles. The predicted octanol–water partition coefficient (Wildman–Crippen LogP) is 4.76. The second-order valence-corrected chi connectivity index (χ2v) is 8.29. The standard InChI is InChI=1S/C25H30N4O2/c1-19-10-14-28(15-11-19)24-18-20(2)4-9-23(24)25(30)27-21-5-7-22(8-6-21)31-17-16-29-13-3-12-26-29/h3-9,12-13,18-19H,10-11,14-17H2,1-2H3,(H,27,30). The van der Waals surface area contributed by atoms with Crippen LogP contribution in [-0.2, 0) is 6.54 Å². The average Bonchev–Trinajstić information content (AvgIpc) is 3.29. The van der Waals surface area contributed by atoms with E-state index in [2.05, 4.69) is 35.2 Å². The van der Waals surface area contributed by atoms with Gasteiger partial charge in [0, 0.05) is 36.9 Å². The Morgan fingerprint density at radius 3 is 2.65 bits per heavy atom. The Bertz CT molecular complexity index is 991. The third-order valence-corrected chi connectivity index (χ3v) is 5.78. The highest BCUT2D eigenvalue weighted by Crippen LogP contribution is 2.28. The smallest absolute Gasteiger partial charge is 0.257 e. The lowest BCUT2D eigenvalue weighted by Gasteiger charge is -2.33. The van der Waals surface area contributed by atoms with Crippen molar-refractivity contribution in [1.29, 1.82) is 0 Å². The van der Waals surface area contributed by atoms with Gasteiger partial charge in [-0.1, -0.05) is 13.0 Å². The van der Waals surface area contributed by atoms with Crippen molar-refractivity contribution >= 4 is 17.3 Å². The summed E-state index contributed by atoms with van der Waals surface area (Å²) in [6.07, 6.45) is 5.99. The molecule has 162 valence electrons.